The van der Waals surface area contributed by atoms with Gasteiger partial charge in [0, 0.05) is 25.0 Å². The SMILES string of the molecule is NCCCCC1NC(=O)[C@H](CCC(=O)O)NC(=O)c2cc([N+](=O)[O-])ccc2OCC[C@@H](C(=O)NCC(=O)O)NC1=O. The zero-order valence-corrected chi connectivity index (χ0v) is 21.9. The van der Waals surface area contributed by atoms with Gasteiger partial charge in [0.05, 0.1) is 17.1 Å². The van der Waals surface area contributed by atoms with Gasteiger partial charge < -0.3 is 42.0 Å². The van der Waals surface area contributed by atoms with Crippen molar-refractivity contribution < 1.29 is 48.6 Å². The molecule has 1 aromatic rings. The van der Waals surface area contributed by atoms with Crippen LogP contribution in [0.3, 0.4) is 0 Å². The van der Waals surface area contributed by atoms with Gasteiger partial charge in [0.25, 0.3) is 11.6 Å². The molecule has 0 radical (unpaired) electrons. The number of hydrogen-bond acceptors (Lipinski definition) is 10. The van der Waals surface area contributed by atoms with E-state index in [0.29, 0.717) is 19.4 Å². The highest BCUT2D eigenvalue weighted by Gasteiger charge is 2.31. The molecule has 1 unspecified atom stereocenters. The van der Waals surface area contributed by atoms with Gasteiger partial charge in [-0.3, -0.25) is 38.9 Å². The minimum atomic E-state index is -1.46. The number of rotatable bonds is 11. The number of benzene rings is 1. The Hall–Kier alpha value is -4.80. The smallest absolute Gasteiger partial charge is 0.322 e. The summed E-state index contributed by atoms with van der Waals surface area (Å²) in [6.45, 7) is -0.737. The third-order valence-electron chi connectivity index (χ3n) is 5.98. The maximum Gasteiger partial charge on any atom is 0.322 e. The number of nitrogens with zero attached hydrogens (tertiary/aromatic N) is 1. The van der Waals surface area contributed by atoms with E-state index in [4.69, 9.17) is 20.7 Å². The Bertz CT molecular complexity index is 1170. The lowest BCUT2D eigenvalue weighted by molar-refractivity contribution is -0.384. The summed E-state index contributed by atoms with van der Waals surface area (Å²) < 4.78 is 5.61. The van der Waals surface area contributed by atoms with Crippen LogP contribution in [0.5, 0.6) is 5.75 Å². The second-order valence-corrected chi connectivity index (χ2v) is 9.05. The predicted octanol–water partition coefficient (Wildman–Crippen LogP) is -1.36. The summed E-state index contributed by atoms with van der Waals surface area (Å²) in [7, 11) is 0. The molecule has 17 nitrogen and oxygen atoms in total. The van der Waals surface area contributed by atoms with Crippen LogP contribution in [0.25, 0.3) is 0 Å². The second kappa shape index (κ2) is 15.7. The molecule has 0 spiro atoms. The molecular formula is C24H32N6O11. The number of unbranched alkanes of at least 4 members (excludes halogenated alkanes) is 1. The summed E-state index contributed by atoms with van der Waals surface area (Å²) in [5.74, 6) is -6.29. The van der Waals surface area contributed by atoms with E-state index >= 15 is 0 Å². The first-order chi connectivity index (χ1) is 19.4. The summed E-state index contributed by atoms with van der Waals surface area (Å²) in [6.07, 6.45) is -0.174. The Labute approximate surface area is 233 Å². The van der Waals surface area contributed by atoms with Crippen molar-refractivity contribution in [3.63, 3.8) is 0 Å². The number of non-ortho nitro benzene ring substituents is 1. The minimum absolute atomic E-state index is 0.0728. The van der Waals surface area contributed by atoms with Crippen molar-refractivity contribution in [1.82, 2.24) is 21.3 Å². The Balaban J connectivity index is 2.51. The van der Waals surface area contributed by atoms with Crippen LogP contribution < -0.4 is 31.7 Å². The standard InChI is InChI=1S/C24H32N6O11/c25-9-2-1-3-15-23(37)29-17(22(36)26-12-20(33)34)8-10-41-18-6-4-13(30(39)40)11-14(18)21(35)27-16(24(38)28-15)5-7-19(31)32/h4,6,11,15-17H,1-3,5,7-10,12,25H2,(H,26,36)(H,27,35)(H,28,38)(H,29,37)(H,31,32)(H,33,34)/t15?,16-,17-/m0/s1. The highest BCUT2D eigenvalue weighted by molar-refractivity contribution is 6.01. The highest BCUT2D eigenvalue weighted by atomic mass is 16.6. The van der Waals surface area contributed by atoms with Crippen LogP contribution in [0.4, 0.5) is 5.69 Å². The molecule has 41 heavy (non-hydrogen) atoms. The van der Waals surface area contributed by atoms with Gasteiger partial charge in [0.15, 0.2) is 0 Å². The molecule has 8 N–H and O–H groups in total. The Kier molecular flexibility index (Phi) is 12.4. The molecule has 0 saturated carbocycles. The summed E-state index contributed by atoms with van der Waals surface area (Å²) in [4.78, 5) is 84.9. The first-order valence-electron chi connectivity index (χ1n) is 12.7. The van der Waals surface area contributed by atoms with E-state index in [1.165, 1.54) is 0 Å². The van der Waals surface area contributed by atoms with Gasteiger partial charge in [-0.25, -0.2) is 0 Å². The third kappa shape index (κ3) is 10.4. The van der Waals surface area contributed by atoms with Gasteiger partial charge >= 0.3 is 11.9 Å². The van der Waals surface area contributed by atoms with E-state index in [9.17, 15) is 38.9 Å². The van der Waals surface area contributed by atoms with Gasteiger partial charge in [-0.2, -0.15) is 0 Å². The van der Waals surface area contributed by atoms with Crippen molar-refractivity contribution in [1.29, 1.82) is 0 Å². The topological polar surface area (TPSA) is 269 Å². The lowest BCUT2D eigenvalue weighted by Crippen LogP contribution is -2.57. The van der Waals surface area contributed by atoms with Crippen LogP contribution in [0, 0.1) is 10.1 Å². The molecule has 0 saturated heterocycles. The van der Waals surface area contributed by atoms with E-state index in [-0.39, 0.29) is 37.2 Å². The van der Waals surface area contributed by atoms with E-state index < -0.39 is 77.3 Å². The molecular weight excluding hydrogens is 548 g/mol. The summed E-state index contributed by atoms with van der Waals surface area (Å²) in [5.41, 5.74) is 4.72. The fourth-order valence-corrected chi connectivity index (χ4v) is 3.86. The van der Waals surface area contributed by atoms with Gasteiger partial charge in [0.1, 0.15) is 30.4 Å². The number of carbonyl (C=O) groups is 6. The molecule has 0 fully saturated rings. The van der Waals surface area contributed by atoms with Crippen molar-refractivity contribution >= 4 is 41.3 Å². The average molecular weight is 581 g/mol. The van der Waals surface area contributed by atoms with Gasteiger partial charge in [-0.15, -0.1) is 0 Å². The zero-order valence-electron chi connectivity index (χ0n) is 21.9. The molecule has 1 aliphatic heterocycles. The van der Waals surface area contributed by atoms with E-state index in [0.717, 1.165) is 18.2 Å². The number of carboxylic acid groups (broad SMARTS) is 2. The molecule has 3 atom stereocenters. The molecule has 4 amide bonds. The molecule has 1 heterocycles. The highest BCUT2D eigenvalue weighted by Crippen LogP contribution is 2.25. The van der Waals surface area contributed by atoms with Crippen LogP contribution >= 0.6 is 0 Å². The molecule has 0 bridgehead atoms. The van der Waals surface area contributed by atoms with E-state index in [1.54, 1.807) is 0 Å². The Morgan fingerprint density at radius 3 is 2.34 bits per heavy atom. The summed E-state index contributed by atoms with van der Waals surface area (Å²) in [6, 6.07) is -0.905. The monoisotopic (exact) mass is 580 g/mol. The number of carbonyl (C=O) groups excluding carboxylic acids is 4. The maximum absolute atomic E-state index is 13.2. The van der Waals surface area contributed by atoms with Crippen LogP contribution in [0.2, 0.25) is 0 Å². The maximum atomic E-state index is 13.2. The van der Waals surface area contributed by atoms with Crippen LogP contribution in [-0.4, -0.2) is 88.5 Å². The zero-order chi connectivity index (χ0) is 30.5. The van der Waals surface area contributed by atoms with Crippen LogP contribution in [-0.2, 0) is 24.0 Å². The fraction of sp³-hybridized carbons (Fsp3) is 0.500. The van der Waals surface area contributed by atoms with E-state index in [2.05, 4.69) is 21.3 Å². The predicted molar refractivity (Wildman–Crippen MR) is 139 cm³/mol. The molecule has 0 aromatic heterocycles. The second-order valence-electron chi connectivity index (χ2n) is 9.05. The average Bonchev–Trinajstić information content (AvgIpc) is 2.91. The van der Waals surface area contributed by atoms with Crippen molar-refractivity contribution in [2.24, 2.45) is 5.73 Å². The number of nitro groups is 1. The number of aliphatic carboxylic acids is 2. The summed E-state index contributed by atoms with van der Waals surface area (Å²) >= 11 is 0. The molecule has 1 aliphatic rings. The van der Waals surface area contributed by atoms with Gasteiger partial charge in [0.2, 0.25) is 17.7 Å². The molecule has 0 aliphatic carbocycles. The van der Waals surface area contributed by atoms with Crippen LogP contribution in [0.15, 0.2) is 18.2 Å². The Morgan fingerprint density at radius 2 is 1.71 bits per heavy atom. The lowest BCUT2D eigenvalue weighted by Gasteiger charge is -2.26. The first kappa shape index (κ1) is 32.4. The van der Waals surface area contributed by atoms with Crippen molar-refractivity contribution in [2.45, 2.75) is 56.7 Å². The quantitative estimate of drug-likeness (QED) is 0.0908. The normalized spacial score (nSPS) is 19.7. The molecule has 17 heteroatoms. The van der Waals surface area contributed by atoms with Crippen molar-refractivity contribution in [2.75, 3.05) is 19.7 Å². The largest absolute Gasteiger partial charge is 0.493 e. The Morgan fingerprint density at radius 1 is 1.02 bits per heavy atom. The summed E-state index contributed by atoms with van der Waals surface area (Å²) in [5, 5.41) is 38.8. The molecule has 224 valence electrons. The van der Waals surface area contributed by atoms with Crippen molar-refractivity contribution in [3.05, 3.63) is 33.9 Å². The number of nitrogens with two attached hydrogens (primary N) is 1. The fourth-order valence-electron chi connectivity index (χ4n) is 3.86. The number of carboxylic acids is 2. The first-order valence-corrected chi connectivity index (χ1v) is 12.7. The number of amides is 4. The van der Waals surface area contributed by atoms with Gasteiger partial charge in [-0.1, -0.05) is 0 Å². The number of nitrogens with one attached hydrogen (secondary N) is 4. The third-order valence-corrected chi connectivity index (χ3v) is 5.98. The minimum Gasteiger partial charge on any atom is -0.493 e. The van der Waals surface area contributed by atoms with Crippen LogP contribution in [0.1, 0.15) is 48.9 Å². The molecule has 1 aromatic carbocycles. The number of hydrogen-bond donors (Lipinski definition) is 7. The number of ether oxygens (including phenoxy) is 1. The van der Waals surface area contributed by atoms with E-state index in [1.807, 2.05) is 0 Å². The van der Waals surface area contributed by atoms with Gasteiger partial charge in [-0.05, 0) is 38.3 Å². The number of fused-ring (bicyclic) bond motifs is 1. The lowest BCUT2D eigenvalue weighted by atomic mass is 10.0. The number of nitro benzene ring substituents is 1. The van der Waals surface area contributed by atoms with Crippen molar-refractivity contribution in [3.8, 4) is 5.75 Å². The molecule has 2 rings (SSSR count).